The second-order valence-corrected chi connectivity index (χ2v) is 6.06. The number of benzene rings is 1. The third kappa shape index (κ3) is 2.77. The molecule has 4 nitrogen and oxygen atoms in total. The van der Waals surface area contributed by atoms with Gasteiger partial charge in [0, 0.05) is 24.6 Å². The van der Waals surface area contributed by atoms with Gasteiger partial charge in [-0.05, 0) is 52.3 Å². The number of ether oxygens (including phenoxy) is 1. The maximum atomic E-state index is 5.61. The van der Waals surface area contributed by atoms with E-state index in [0.29, 0.717) is 18.6 Å². The third-order valence-electron chi connectivity index (χ3n) is 4.18. The van der Waals surface area contributed by atoms with E-state index < -0.39 is 0 Å². The molecule has 1 aromatic carbocycles. The van der Waals surface area contributed by atoms with Crippen LogP contribution in [0.1, 0.15) is 51.4 Å². The summed E-state index contributed by atoms with van der Waals surface area (Å²) in [4.78, 5) is 4.94. The molecule has 1 aliphatic rings. The van der Waals surface area contributed by atoms with E-state index in [1.807, 2.05) is 6.92 Å². The molecule has 1 atom stereocenters. The number of piperidine rings is 1. The Bertz CT molecular complexity index is 612. The average Bonchev–Trinajstić information content (AvgIpc) is 2.87. The highest BCUT2D eigenvalue weighted by molar-refractivity contribution is 5.78. The van der Waals surface area contributed by atoms with Crippen molar-refractivity contribution in [2.24, 2.45) is 0 Å². The molecule has 0 aliphatic carbocycles. The lowest BCUT2D eigenvalue weighted by atomic mass is 9.98. The number of rotatable bonds is 4. The van der Waals surface area contributed by atoms with Gasteiger partial charge in [0.05, 0.1) is 17.6 Å². The number of hydrogen-bond acceptors (Lipinski definition) is 3. The molecule has 2 heterocycles. The first-order valence-corrected chi connectivity index (χ1v) is 8.06. The van der Waals surface area contributed by atoms with Crippen LogP contribution in [0, 0.1) is 0 Å². The number of aromatic nitrogens is 2. The Balaban J connectivity index is 2.07. The molecule has 1 N–H and O–H groups in total. The van der Waals surface area contributed by atoms with E-state index in [9.17, 15) is 0 Å². The van der Waals surface area contributed by atoms with Crippen LogP contribution >= 0.6 is 0 Å². The smallest absolute Gasteiger partial charge is 0.121 e. The molecule has 0 amide bonds. The fraction of sp³-hybridized carbons (Fsp3) is 0.588. The summed E-state index contributed by atoms with van der Waals surface area (Å²) in [5, 5.41) is 3.50. The summed E-state index contributed by atoms with van der Waals surface area (Å²) in [7, 11) is 0. The molecule has 1 aliphatic heterocycles. The second kappa shape index (κ2) is 6.06. The molecule has 0 saturated carbocycles. The predicted molar refractivity (Wildman–Crippen MR) is 86.1 cm³/mol. The van der Waals surface area contributed by atoms with Gasteiger partial charge in [-0.3, -0.25) is 0 Å². The molecule has 21 heavy (non-hydrogen) atoms. The summed E-state index contributed by atoms with van der Waals surface area (Å²) in [5.41, 5.74) is 2.27. The molecule has 2 aromatic rings. The van der Waals surface area contributed by atoms with Gasteiger partial charge in [0.2, 0.25) is 0 Å². The fourth-order valence-corrected chi connectivity index (χ4v) is 3.26. The van der Waals surface area contributed by atoms with E-state index in [4.69, 9.17) is 9.72 Å². The van der Waals surface area contributed by atoms with Crippen molar-refractivity contribution in [3.63, 3.8) is 0 Å². The van der Waals surface area contributed by atoms with Crippen LogP contribution < -0.4 is 10.1 Å². The molecule has 1 fully saturated rings. The van der Waals surface area contributed by atoms with Gasteiger partial charge in [-0.2, -0.15) is 0 Å². The molecule has 114 valence electrons. The van der Waals surface area contributed by atoms with Gasteiger partial charge in [0.15, 0.2) is 0 Å². The van der Waals surface area contributed by atoms with Gasteiger partial charge < -0.3 is 14.6 Å². The zero-order valence-corrected chi connectivity index (χ0v) is 13.2. The second-order valence-electron chi connectivity index (χ2n) is 6.06. The predicted octanol–water partition coefficient (Wildman–Crippen LogP) is 3.48. The van der Waals surface area contributed by atoms with Gasteiger partial charge in [-0.1, -0.05) is 0 Å². The summed E-state index contributed by atoms with van der Waals surface area (Å²) in [5.74, 6) is 2.65. The molecular weight excluding hydrogens is 262 g/mol. The molecule has 4 heteroatoms. The molecule has 0 bridgehead atoms. The van der Waals surface area contributed by atoms with E-state index in [2.05, 4.69) is 41.9 Å². The van der Waals surface area contributed by atoms with Crippen LogP contribution in [-0.2, 0) is 0 Å². The van der Waals surface area contributed by atoms with Crippen molar-refractivity contribution in [1.82, 2.24) is 14.9 Å². The van der Waals surface area contributed by atoms with Gasteiger partial charge in [0.1, 0.15) is 11.6 Å². The minimum atomic E-state index is 0.421. The zero-order chi connectivity index (χ0) is 14.8. The van der Waals surface area contributed by atoms with Crippen LogP contribution in [0.5, 0.6) is 5.75 Å². The van der Waals surface area contributed by atoms with Crippen molar-refractivity contribution in [3.05, 3.63) is 24.0 Å². The summed E-state index contributed by atoms with van der Waals surface area (Å²) in [6.45, 7) is 9.34. The van der Waals surface area contributed by atoms with Gasteiger partial charge in [-0.25, -0.2) is 4.98 Å². The summed E-state index contributed by atoms with van der Waals surface area (Å²) in [6, 6.07) is 6.68. The number of hydrogen-bond donors (Lipinski definition) is 1. The number of fused-ring (bicyclic) bond motifs is 1. The fourth-order valence-electron chi connectivity index (χ4n) is 3.26. The Morgan fingerprint density at radius 3 is 2.95 bits per heavy atom. The topological polar surface area (TPSA) is 39.1 Å². The molecule has 1 saturated heterocycles. The van der Waals surface area contributed by atoms with Gasteiger partial charge in [-0.15, -0.1) is 0 Å². The van der Waals surface area contributed by atoms with E-state index in [-0.39, 0.29) is 0 Å². The van der Waals surface area contributed by atoms with Crippen molar-refractivity contribution in [2.75, 3.05) is 19.7 Å². The summed E-state index contributed by atoms with van der Waals surface area (Å²) < 4.78 is 8.00. The molecule has 0 radical (unpaired) electrons. The van der Waals surface area contributed by atoms with E-state index in [1.54, 1.807) is 0 Å². The van der Waals surface area contributed by atoms with Crippen molar-refractivity contribution >= 4 is 11.0 Å². The van der Waals surface area contributed by atoms with Gasteiger partial charge >= 0.3 is 0 Å². The Kier molecular flexibility index (Phi) is 4.15. The van der Waals surface area contributed by atoms with Crippen LogP contribution in [0.4, 0.5) is 0 Å². The Morgan fingerprint density at radius 1 is 1.43 bits per heavy atom. The normalized spacial score (nSPS) is 19.3. The maximum absolute atomic E-state index is 5.61. The monoisotopic (exact) mass is 287 g/mol. The molecule has 0 spiro atoms. The van der Waals surface area contributed by atoms with Crippen LogP contribution in [0.2, 0.25) is 0 Å². The minimum Gasteiger partial charge on any atom is -0.494 e. The number of nitrogens with one attached hydrogen (secondary N) is 1. The SMILES string of the molecule is CCOc1ccc2c(c1)nc(C1CCCNC1)n2C(C)C. The third-order valence-corrected chi connectivity index (χ3v) is 4.18. The highest BCUT2D eigenvalue weighted by Gasteiger charge is 2.23. The first kappa shape index (κ1) is 14.4. The lowest BCUT2D eigenvalue weighted by Crippen LogP contribution is -2.30. The first-order chi connectivity index (χ1) is 10.2. The highest BCUT2D eigenvalue weighted by Crippen LogP contribution is 2.31. The minimum absolute atomic E-state index is 0.421. The van der Waals surface area contributed by atoms with E-state index in [1.165, 1.54) is 24.2 Å². The van der Waals surface area contributed by atoms with Crippen molar-refractivity contribution in [2.45, 2.75) is 45.6 Å². The highest BCUT2D eigenvalue weighted by atomic mass is 16.5. The number of imidazole rings is 1. The quantitative estimate of drug-likeness (QED) is 0.935. The standard InChI is InChI=1S/C17H25N3O/c1-4-21-14-7-8-16-15(10-14)19-17(20(16)12(2)3)13-6-5-9-18-11-13/h7-8,10,12-13,18H,4-6,9,11H2,1-3H3. The lowest BCUT2D eigenvalue weighted by molar-refractivity contribution is 0.340. The Hall–Kier alpha value is -1.55. The van der Waals surface area contributed by atoms with Crippen molar-refractivity contribution in [1.29, 1.82) is 0 Å². The Labute approximate surface area is 126 Å². The van der Waals surface area contributed by atoms with Gasteiger partial charge in [0.25, 0.3) is 0 Å². The van der Waals surface area contributed by atoms with Crippen LogP contribution in [-0.4, -0.2) is 29.2 Å². The van der Waals surface area contributed by atoms with Crippen molar-refractivity contribution in [3.8, 4) is 5.75 Å². The number of nitrogens with zero attached hydrogens (tertiary/aromatic N) is 2. The van der Waals surface area contributed by atoms with Crippen LogP contribution in [0.3, 0.4) is 0 Å². The zero-order valence-electron chi connectivity index (χ0n) is 13.2. The van der Waals surface area contributed by atoms with Crippen LogP contribution in [0.15, 0.2) is 18.2 Å². The first-order valence-electron chi connectivity index (χ1n) is 8.06. The molecule has 3 rings (SSSR count). The summed E-state index contributed by atoms with van der Waals surface area (Å²) >= 11 is 0. The Morgan fingerprint density at radius 2 is 2.29 bits per heavy atom. The van der Waals surface area contributed by atoms with E-state index >= 15 is 0 Å². The average molecular weight is 287 g/mol. The molecule has 1 unspecified atom stereocenters. The lowest BCUT2D eigenvalue weighted by Gasteiger charge is -2.24. The van der Waals surface area contributed by atoms with Crippen LogP contribution in [0.25, 0.3) is 11.0 Å². The summed E-state index contributed by atoms with van der Waals surface area (Å²) in [6.07, 6.45) is 2.46. The maximum Gasteiger partial charge on any atom is 0.121 e. The van der Waals surface area contributed by atoms with E-state index in [0.717, 1.165) is 24.4 Å². The molecule has 1 aromatic heterocycles. The molecular formula is C17H25N3O. The largest absolute Gasteiger partial charge is 0.494 e. The van der Waals surface area contributed by atoms with Crippen molar-refractivity contribution < 1.29 is 4.74 Å².